The Kier molecular flexibility index (Phi) is 3.18. The minimum Gasteiger partial charge on any atom is -0.314 e. The lowest BCUT2D eigenvalue weighted by atomic mass is 10.2. The minimum absolute atomic E-state index is 0.866. The normalized spacial score (nSPS) is 10.8. The summed E-state index contributed by atoms with van der Waals surface area (Å²) in [7, 11) is 1.96. The molecule has 0 fully saturated rings. The molecule has 3 nitrogen and oxygen atoms in total. The topological polar surface area (TPSA) is 29.9 Å². The van der Waals surface area contributed by atoms with Gasteiger partial charge in [0.25, 0.3) is 0 Å². The molecule has 0 aliphatic heterocycles. The summed E-state index contributed by atoms with van der Waals surface area (Å²) in [5, 5.41) is 11.9. The van der Waals surface area contributed by atoms with E-state index in [9.17, 15) is 0 Å². The van der Waals surface area contributed by atoms with E-state index in [2.05, 4.69) is 40.2 Å². The number of aromatic nitrogens is 2. The van der Waals surface area contributed by atoms with Crippen LogP contribution in [-0.4, -0.2) is 16.8 Å². The van der Waals surface area contributed by atoms with Crippen LogP contribution in [0.2, 0.25) is 0 Å². The van der Waals surface area contributed by atoms with Gasteiger partial charge < -0.3 is 5.32 Å². The van der Waals surface area contributed by atoms with E-state index in [1.54, 1.807) is 11.3 Å². The van der Waals surface area contributed by atoms with Crippen molar-refractivity contribution in [1.82, 2.24) is 15.1 Å². The first-order valence-corrected chi connectivity index (χ1v) is 6.03. The third-order valence-electron chi connectivity index (χ3n) is 2.34. The van der Waals surface area contributed by atoms with E-state index in [1.165, 1.54) is 11.3 Å². The van der Waals surface area contributed by atoms with Gasteiger partial charge in [0.2, 0.25) is 0 Å². The Balaban J connectivity index is 2.34. The maximum Gasteiger partial charge on any atom is 0.0934 e. The van der Waals surface area contributed by atoms with Crippen molar-refractivity contribution < 1.29 is 0 Å². The Morgan fingerprint density at radius 3 is 3.00 bits per heavy atom. The Morgan fingerprint density at radius 1 is 1.53 bits per heavy atom. The zero-order valence-electron chi connectivity index (χ0n) is 9.03. The van der Waals surface area contributed by atoms with E-state index in [1.807, 2.05) is 11.7 Å². The maximum absolute atomic E-state index is 4.57. The molecule has 2 aromatic heterocycles. The van der Waals surface area contributed by atoms with Gasteiger partial charge in [0.05, 0.1) is 11.4 Å². The van der Waals surface area contributed by atoms with E-state index >= 15 is 0 Å². The summed E-state index contributed by atoms with van der Waals surface area (Å²) in [4.78, 5) is 0. The summed E-state index contributed by atoms with van der Waals surface area (Å²) in [5.74, 6) is 0. The fraction of sp³-hybridized carbons (Fsp3) is 0.364. The van der Waals surface area contributed by atoms with Crippen molar-refractivity contribution in [2.75, 3.05) is 7.05 Å². The number of aryl methyl sites for hydroxylation is 1. The highest BCUT2D eigenvalue weighted by molar-refractivity contribution is 7.08. The van der Waals surface area contributed by atoms with Gasteiger partial charge in [-0.15, -0.1) is 0 Å². The van der Waals surface area contributed by atoms with Crippen molar-refractivity contribution in [3.05, 3.63) is 28.6 Å². The van der Waals surface area contributed by atoms with Gasteiger partial charge in [-0.3, -0.25) is 4.68 Å². The first-order valence-electron chi connectivity index (χ1n) is 5.09. The van der Waals surface area contributed by atoms with Gasteiger partial charge >= 0.3 is 0 Å². The summed E-state index contributed by atoms with van der Waals surface area (Å²) in [6, 6.07) is 4.26. The van der Waals surface area contributed by atoms with Crippen LogP contribution in [0, 0.1) is 0 Å². The third kappa shape index (κ3) is 2.11. The minimum atomic E-state index is 0.866. The van der Waals surface area contributed by atoms with Gasteiger partial charge in [-0.2, -0.15) is 16.4 Å². The Bertz CT molecular complexity index is 417. The summed E-state index contributed by atoms with van der Waals surface area (Å²) < 4.78 is 2.05. The van der Waals surface area contributed by atoms with Crippen LogP contribution in [0.3, 0.4) is 0 Å². The third-order valence-corrected chi connectivity index (χ3v) is 3.02. The number of nitrogens with zero attached hydrogens (tertiary/aromatic N) is 2. The zero-order chi connectivity index (χ0) is 10.7. The smallest absolute Gasteiger partial charge is 0.0934 e. The molecule has 0 radical (unpaired) electrons. The average Bonchev–Trinajstić information content (AvgIpc) is 2.84. The molecule has 2 rings (SSSR count). The molecular weight excluding hydrogens is 206 g/mol. The van der Waals surface area contributed by atoms with E-state index in [0.29, 0.717) is 0 Å². The zero-order valence-corrected chi connectivity index (χ0v) is 9.84. The lowest BCUT2D eigenvalue weighted by molar-refractivity contribution is 0.604. The van der Waals surface area contributed by atoms with Gasteiger partial charge in [-0.25, -0.2) is 0 Å². The number of nitrogens with one attached hydrogen (secondary N) is 1. The summed E-state index contributed by atoms with van der Waals surface area (Å²) >= 11 is 1.71. The molecule has 0 aromatic carbocycles. The van der Waals surface area contributed by atoms with Crippen molar-refractivity contribution in [2.24, 2.45) is 0 Å². The van der Waals surface area contributed by atoms with Gasteiger partial charge in [0.15, 0.2) is 0 Å². The molecule has 0 bridgehead atoms. The molecule has 80 valence electrons. The molecule has 0 saturated carbocycles. The first kappa shape index (κ1) is 10.4. The Morgan fingerprint density at radius 2 is 2.40 bits per heavy atom. The fourth-order valence-electron chi connectivity index (χ4n) is 1.60. The van der Waals surface area contributed by atoms with Gasteiger partial charge in [0, 0.05) is 24.0 Å². The van der Waals surface area contributed by atoms with E-state index in [0.717, 1.165) is 18.8 Å². The largest absolute Gasteiger partial charge is 0.314 e. The molecule has 4 heteroatoms. The number of hydrogen-bond acceptors (Lipinski definition) is 3. The van der Waals surface area contributed by atoms with Crippen LogP contribution < -0.4 is 5.32 Å². The monoisotopic (exact) mass is 221 g/mol. The standard InChI is InChI=1S/C11H15N3S/c1-3-14-10(7-12-2)6-11(13-14)9-4-5-15-8-9/h4-6,8,12H,3,7H2,1-2H3. The maximum atomic E-state index is 4.57. The van der Waals surface area contributed by atoms with Crippen molar-refractivity contribution in [3.8, 4) is 11.3 Å². The van der Waals surface area contributed by atoms with E-state index in [4.69, 9.17) is 0 Å². The lowest BCUT2D eigenvalue weighted by Crippen LogP contribution is -2.11. The van der Waals surface area contributed by atoms with Crippen LogP contribution in [0.5, 0.6) is 0 Å². The predicted octanol–water partition coefficient (Wildman–Crippen LogP) is 2.35. The fourth-order valence-corrected chi connectivity index (χ4v) is 2.25. The molecule has 2 heterocycles. The van der Waals surface area contributed by atoms with Crippen LogP contribution in [0.15, 0.2) is 22.9 Å². The van der Waals surface area contributed by atoms with Crippen LogP contribution in [-0.2, 0) is 13.1 Å². The van der Waals surface area contributed by atoms with E-state index in [-0.39, 0.29) is 0 Å². The molecule has 0 saturated heterocycles. The number of hydrogen-bond donors (Lipinski definition) is 1. The molecule has 0 aliphatic carbocycles. The Hall–Kier alpha value is -1.13. The van der Waals surface area contributed by atoms with Crippen molar-refractivity contribution in [2.45, 2.75) is 20.0 Å². The highest BCUT2D eigenvalue weighted by Gasteiger charge is 2.07. The Labute approximate surface area is 93.7 Å². The second-order valence-corrected chi connectivity index (χ2v) is 4.16. The summed E-state index contributed by atoms with van der Waals surface area (Å²) in [5.41, 5.74) is 3.52. The van der Waals surface area contributed by atoms with Gasteiger partial charge in [-0.05, 0) is 31.5 Å². The summed E-state index contributed by atoms with van der Waals surface area (Å²) in [6.07, 6.45) is 0. The molecule has 2 aromatic rings. The van der Waals surface area contributed by atoms with Crippen LogP contribution in [0.1, 0.15) is 12.6 Å². The first-order chi connectivity index (χ1) is 7.35. The quantitative estimate of drug-likeness (QED) is 0.859. The molecule has 0 amide bonds. The van der Waals surface area contributed by atoms with E-state index < -0.39 is 0 Å². The average molecular weight is 221 g/mol. The molecule has 15 heavy (non-hydrogen) atoms. The van der Waals surface area contributed by atoms with Crippen molar-refractivity contribution in [3.63, 3.8) is 0 Å². The van der Waals surface area contributed by atoms with Crippen molar-refractivity contribution >= 4 is 11.3 Å². The number of thiophene rings is 1. The van der Waals surface area contributed by atoms with Crippen LogP contribution in [0.25, 0.3) is 11.3 Å². The molecule has 0 aliphatic rings. The van der Waals surface area contributed by atoms with Gasteiger partial charge in [-0.1, -0.05) is 0 Å². The molecule has 0 unspecified atom stereocenters. The van der Waals surface area contributed by atoms with Crippen LogP contribution >= 0.6 is 11.3 Å². The predicted molar refractivity (Wildman–Crippen MR) is 64.0 cm³/mol. The lowest BCUT2D eigenvalue weighted by Gasteiger charge is -2.01. The second kappa shape index (κ2) is 4.59. The second-order valence-electron chi connectivity index (χ2n) is 3.38. The summed E-state index contributed by atoms with van der Waals surface area (Å²) in [6.45, 7) is 3.90. The molecule has 0 spiro atoms. The van der Waals surface area contributed by atoms with Crippen molar-refractivity contribution in [1.29, 1.82) is 0 Å². The molecule has 1 N–H and O–H groups in total. The molecule has 0 atom stereocenters. The van der Waals surface area contributed by atoms with Crippen LogP contribution in [0.4, 0.5) is 0 Å². The molecular formula is C11H15N3S. The highest BCUT2D eigenvalue weighted by atomic mass is 32.1. The SMILES string of the molecule is CCn1nc(-c2ccsc2)cc1CNC. The number of rotatable bonds is 4. The van der Waals surface area contributed by atoms with Gasteiger partial charge in [0.1, 0.15) is 0 Å². The highest BCUT2D eigenvalue weighted by Crippen LogP contribution is 2.21.